The second-order valence-electron chi connectivity index (χ2n) is 3.96. The summed E-state index contributed by atoms with van der Waals surface area (Å²) in [5, 5.41) is 12.0. The van der Waals surface area contributed by atoms with E-state index in [1.54, 1.807) is 0 Å². The molecule has 0 radical (unpaired) electrons. The highest BCUT2D eigenvalue weighted by Crippen LogP contribution is 2.14. The van der Waals surface area contributed by atoms with Crippen LogP contribution < -0.4 is 5.32 Å². The SMILES string of the molecule is OCCCCCNCCC1CCCO1. The normalized spacial score (nSPS) is 21.6. The van der Waals surface area contributed by atoms with Crippen LogP contribution in [-0.4, -0.2) is 37.5 Å². The lowest BCUT2D eigenvalue weighted by atomic mass is 10.2. The summed E-state index contributed by atoms with van der Waals surface area (Å²) in [7, 11) is 0. The molecule has 0 aromatic rings. The molecule has 3 nitrogen and oxygen atoms in total. The smallest absolute Gasteiger partial charge is 0.0588 e. The van der Waals surface area contributed by atoms with E-state index in [-0.39, 0.29) is 0 Å². The minimum absolute atomic E-state index is 0.329. The van der Waals surface area contributed by atoms with E-state index in [2.05, 4.69) is 5.32 Å². The molecule has 1 fully saturated rings. The van der Waals surface area contributed by atoms with Crippen LogP contribution in [0, 0.1) is 0 Å². The van der Waals surface area contributed by atoms with Crippen molar-refractivity contribution in [2.75, 3.05) is 26.3 Å². The Bertz CT molecular complexity index is 124. The lowest BCUT2D eigenvalue weighted by Crippen LogP contribution is -2.21. The summed E-state index contributed by atoms with van der Waals surface area (Å²) in [5.74, 6) is 0. The van der Waals surface area contributed by atoms with Crippen molar-refractivity contribution in [3.8, 4) is 0 Å². The first kappa shape index (κ1) is 12.0. The fourth-order valence-electron chi connectivity index (χ4n) is 1.80. The number of aliphatic hydroxyl groups is 1. The highest BCUT2D eigenvalue weighted by atomic mass is 16.5. The van der Waals surface area contributed by atoms with Crippen LogP contribution in [0.15, 0.2) is 0 Å². The van der Waals surface area contributed by atoms with Crippen LogP contribution in [0.5, 0.6) is 0 Å². The fourth-order valence-corrected chi connectivity index (χ4v) is 1.80. The molecule has 3 heteroatoms. The molecule has 14 heavy (non-hydrogen) atoms. The highest BCUT2D eigenvalue weighted by Gasteiger charge is 2.13. The van der Waals surface area contributed by atoms with E-state index in [9.17, 15) is 0 Å². The van der Waals surface area contributed by atoms with Crippen LogP contribution >= 0.6 is 0 Å². The van der Waals surface area contributed by atoms with Crippen LogP contribution in [0.3, 0.4) is 0 Å². The number of hydrogen-bond acceptors (Lipinski definition) is 3. The van der Waals surface area contributed by atoms with Crippen molar-refractivity contribution in [3.63, 3.8) is 0 Å². The molecule has 1 unspecified atom stereocenters. The van der Waals surface area contributed by atoms with Gasteiger partial charge in [0, 0.05) is 13.2 Å². The van der Waals surface area contributed by atoms with Crippen molar-refractivity contribution in [2.45, 2.75) is 44.6 Å². The zero-order valence-electron chi connectivity index (χ0n) is 9.00. The number of nitrogens with one attached hydrogen (secondary N) is 1. The van der Waals surface area contributed by atoms with E-state index in [1.807, 2.05) is 0 Å². The van der Waals surface area contributed by atoms with Gasteiger partial charge in [-0.2, -0.15) is 0 Å². The van der Waals surface area contributed by atoms with Crippen molar-refractivity contribution in [3.05, 3.63) is 0 Å². The lowest BCUT2D eigenvalue weighted by Gasteiger charge is -2.09. The Morgan fingerprint density at radius 3 is 2.86 bits per heavy atom. The zero-order valence-corrected chi connectivity index (χ0v) is 9.00. The average Bonchev–Trinajstić information content (AvgIpc) is 2.69. The second kappa shape index (κ2) is 8.21. The van der Waals surface area contributed by atoms with Crippen molar-refractivity contribution in [1.29, 1.82) is 0 Å². The second-order valence-corrected chi connectivity index (χ2v) is 3.96. The summed E-state index contributed by atoms with van der Waals surface area (Å²) in [5.41, 5.74) is 0. The summed E-state index contributed by atoms with van der Waals surface area (Å²) in [6.45, 7) is 3.44. The third kappa shape index (κ3) is 5.58. The van der Waals surface area contributed by atoms with Gasteiger partial charge in [0.2, 0.25) is 0 Å². The van der Waals surface area contributed by atoms with Crippen LogP contribution in [-0.2, 0) is 4.74 Å². The molecule has 2 N–H and O–H groups in total. The van der Waals surface area contributed by atoms with Crippen molar-refractivity contribution in [1.82, 2.24) is 5.32 Å². The molecule has 1 aliphatic rings. The maximum Gasteiger partial charge on any atom is 0.0588 e. The van der Waals surface area contributed by atoms with Gasteiger partial charge in [0.1, 0.15) is 0 Å². The summed E-state index contributed by atoms with van der Waals surface area (Å²) in [6.07, 6.45) is 7.39. The van der Waals surface area contributed by atoms with Gasteiger partial charge in [-0.3, -0.25) is 0 Å². The number of hydrogen-bond donors (Lipinski definition) is 2. The monoisotopic (exact) mass is 201 g/mol. The zero-order chi connectivity index (χ0) is 10.1. The Kier molecular flexibility index (Phi) is 7.01. The van der Waals surface area contributed by atoms with E-state index >= 15 is 0 Å². The summed E-state index contributed by atoms with van der Waals surface area (Å²) < 4.78 is 5.52. The molecular formula is C11H23NO2. The first-order valence-corrected chi connectivity index (χ1v) is 5.86. The molecule has 0 aromatic heterocycles. The van der Waals surface area contributed by atoms with Gasteiger partial charge in [-0.25, -0.2) is 0 Å². The summed E-state index contributed by atoms with van der Waals surface area (Å²) in [4.78, 5) is 0. The third-order valence-electron chi connectivity index (χ3n) is 2.68. The van der Waals surface area contributed by atoms with Gasteiger partial charge in [0.05, 0.1) is 6.10 Å². The van der Waals surface area contributed by atoms with Crippen LogP contribution in [0.4, 0.5) is 0 Å². The van der Waals surface area contributed by atoms with E-state index in [1.165, 1.54) is 19.3 Å². The lowest BCUT2D eigenvalue weighted by molar-refractivity contribution is 0.104. The molecule has 1 heterocycles. The van der Waals surface area contributed by atoms with E-state index in [0.29, 0.717) is 12.7 Å². The Balaban J connectivity index is 1.75. The highest BCUT2D eigenvalue weighted by molar-refractivity contribution is 4.65. The van der Waals surface area contributed by atoms with Gasteiger partial charge in [-0.05, 0) is 51.6 Å². The Labute approximate surface area is 86.8 Å². The molecule has 1 saturated heterocycles. The maximum absolute atomic E-state index is 8.58. The van der Waals surface area contributed by atoms with Crippen molar-refractivity contribution < 1.29 is 9.84 Å². The molecule has 0 saturated carbocycles. The topological polar surface area (TPSA) is 41.5 Å². The van der Waals surface area contributed by atoms with Crippen molar-refractivity contribution in [2.24, 2.45) is 0 Å². The van der Waals surface area contributed by atoms with E-state index < -0.39 is 0 Å². The van der Waals surface area contributed by atoms with Crippen LogP contribution in [0.1, 0.15) is 38.5 Å². The number of rotatable bonds is 8. The predicted molar refractivity (Wildman–Crippen MR) is 57.4 cm³/mol. The number of aliphatic hydroxyl groups excluding tert-OH is 1. The Morgan fingerprint density at radius 2 is 2.14 bits per heavy atom. The van der Waals surface area contributed by atoms with Gasteiger partial charge in [-0.15, -0.1) is 0 Å². The molecule has 1 rings (SSSR count). The minimum atomic E-state index is 0.329. The molecule has 0 bridgehead atoms. The maximum atomic E-state index is 8.58. The summed E-state index contributed by atoms with van der Waals surface area (Å²) >= 11 is 0. The van der Waals surface area contributed by atoms with Gasteiger partial charge in [-0.1, -0.05) is 0 Å². The molecule has 0 aliphatic carbocycles. The molecule has 0 amide bonds. The van der Waals surface area contributed by atoms with Gasteiger partial charge in [0.15, 0.2) is 0 Å². The Morgan fingerprint density at radius 1 is 1.21 bits per heavy atom. The molecule has 0 spiro atoms. The first-order chi connectivity index (χ1) is 6.93. The van der Waals surface area contributed by atoms with E-state index in [4.69, 9.17) is 9.84 Å². The fraction of sp³-hybridized carbons (Fsp3) is 1.00. The van der Waals surface area contributed by atoms with Gasteiger partial charge in [0.25, 0.3) is 0 Å². The predicted octanol–water partition coefficient (Wildman–Crippen LogP) is 1.31. The number of unbranched alkanes of at least 4 members (excludes halogenated alkanes) is 2. The van der Waals surface area contributed by atoms with E-state index in [0.717, 1.165) is 39.0 Å². The van der Waals surface area contributed by atoms with Crippen LogP contribution in [0.2, 0.25) is 0 Å². The molecule has 1 atom stereocenters. The first-order valence-electron chi connectivity index (χ1n) is 5.86. The Hall–Kier alpha value is -0.120. The summed E-state index contributed by atoms with van der Waals surface area (Å²) in [6, 6.07) is 0. The molecule has 0 aromatic carbocycles. The van der Waals surface area contributed by atoms with Crippen LogP contribution in [0.25, 0.3) is 0 Å². The molecule has 84 valence electrons. The van der Waals surface area contributed by atoms with Gasteiger partial charge < -0.3 is 15.2 Å². The molecular weight excluding hydrogens is 178 g/mol. The largest absolute Gasteiger partial charge is 0.396 e. The quantitative estimate of drug-likeness (QED) is 0.582. The number of ether oxygens (including phenoxy) is 1. The standard InChI is InChI=1S/C11H23NO2/c13-9-3-1-2-7-12-8-6-11-5-4-10-14-11/h11-13H,1-10H2. The average molecular weight is 201 g/mol. The van der Waals surface area contributed by atoms with Gasteiger partial charge >= 0.3 is 0 Å². The van der Waals surface area contributed by atoms with Crippen molar-refractivity contribution >= 4 is 0 Å². The third-order valence-corrected chi connectivity index (χ3v) is 2.68. The molecule has 1 aliphatic heterocycles. The minimum Gasteiger partial charge on any atom is -0.396 e.